The fourth-order valence-corrected chi connectivity index (χ4v) is 3.45. The zero-order valence-electron chi connectivity index (χ0n) is 13.8. The van der Waals surface area contributed by atoms with Crippen molar-refractivity contribution in [2.75, 3.05) is 0 Å². The second-order valence-corrected chi connectivity index (χ2v) is 6.60. The molecule has 2 aromatic carbocycles. The van der Waals surface area contributed by atoms with Crippen molar-refractivity contribution in [1.29, 1.82) is 0 Å². The standard InChI is InChI=1S/C19H15FN2O3S/c1-11-16(26-18(21-11)13-8-5-9-14(20)10-13)17(23)22-15(19(24)25)12-6-3-2-4-7-12/h2-10,15H,1H3,(H,22,23)(H,24,25)/t15-/m0/s1. The van der Waals surface area contributed by atoms with Crippen LogP contribution in [0.15, 0.2) is 54.6 Å². The van der Waals surface area contributed by atoms with E-state index in [4.69, 9.17) is 0 Å². The summed E-state index contributed by atoms with van der Waals surface area (Å²) in [6.45, 7) is 1.66. The predicted octanol–water partition coefficient (Wildman–Crippen LogP) is 3.81. The van der Waals surface area contributed by atoms with Crippen molar-refractivity contribution in [3.63, 3.8) is 0 Å². The van der Waals surface area contributed by atoms with Gasteiger partial charge >= 0.3 is 5.97 Å². The van der Waals surface area contributed by atoms with E-state index in [1.807, 2.05) is 0 Å². The van der Waals surface area contributed by atoms with E-state index in [2.05, 4.69) is 10.3 Å². The number of carboxylic acid groups (broad SMARTS) is 1. The van der Waals surface area contributed by atoms with Gasteiger partial charge in [0.05, 0.1) is 5.69 Å². The summed E-state index contributed by atoms with van der Waals surface area (Å²) < 4.78 is 13.4. The third-order valence-electron chi connectivity index (χ3n) is 3.73. The lowest BCUT2D eigenvalue weighted by Crippen LogP contribution is -2.33. The number of rotatable bonds is 5. The molecule has 0 aliphatic heterocycles. The number of nitrogens with zero attached hydrogens (tertiary/aromatic N) is 1. The van der Waals surface area contributed by atoms with Crippen LogP contribution < -0.4 is 5.32 Å². The first-order valence-corrected chi connectivity index (χ1v) is 8.59. The third-order valence-corrected chi connectivity index (χ3v) is 4.93. The Bertz CT molecular complexity index is 956. The van der Waals surface area contributed by atoms with Crippen LogP contribution in [0.25, 0.3) is 10.6 Å². The molecule has 0 saturated heterocycles. The molecule has 0 spiro atoms. The highest BCUT2D eigenvalue weighted by molar-refractivity contribution is 7.17. The maximum Gasteiger partial charge on any atom is 0.330 e. The van der Waals surface area contributed by atoms with Gasteiger partial charge in [0.1, 0.15) is 15.7 Å². The fraction of sp³-hybridized carbons (Fsp3) is 0.105. The molecule has 0 saturated carbocycles. The van der Waals surface area contributed by atoms with Gasteiger partial charge < -0.3 is 10.4 Å². The number of halogens is 1. The molecular formula is C19H15FN2O3S. The number of nitrogens with one attached hydrogen (secondary N) is 1. The smallest absolute Gasteiger partial charge is 0.330 e. The van der Waals surface area contributed by atoms with Gasteiger partial charge in [0, 0.05) is 5.56 Å². The Hall–Kier alpha value is -3.06. The number of aryl methyl sites for hydroxylation is 1. The molecule has 0 fully saturated rings. The molecule has 2 N–H and O–H groups in total. The van der Waals surface area contributed by atoms with Gasteiger partial charge in [0.15, 0.2) is 6.04 Å². The van der Waals surface area contributed by atoms with Crippen LogP contribution in [0.1, 0.15) is 27.0 Å². The average Bonchev–Trinajstić information content (AvgIpc) is 3.02. The van der Waals surface area contributed by atoms with Crippen LogP contribution in [0.4, 0.5) is 4.39 Å². The van der Waals surface area contributed by atoms with Crippen LogP contribution in [-0.4, -0.2) is 22.0 Å². The minimum atomic E-state index is -1.16. The van der Waals surface area contributed by atoms with E-state index in [9.17, 15) is 19.1 Å². The van der Waals surface area contributed by atoms with Crippen molar-refractivity contribution in [2.45, 2.75) is 13.0 Å². The summed E-state index contributed by atoms with van der Waals surface area (Å²) in [6, 6.07) is 13.2. The fourth-order valence-electron chi connectivity index (χ4n) is 2.48. The highest BCUT2D eigenvalue weighted by Crippen LogP contribution is 2.28. The van der Waals surface area contributed by atoms with Gasteiger partial charge in [-0.3, -0.25) is 4.79 Å². The number of aromatic nitrogens is 1. The second-order valence-electron chi connectivity index (χ2n) is 5.60. The SMILES string of the molecule is Cc1nc(-c2cccc(F)c2)sc1C(=O)N[C@H](C(=O)O)c1ccccc1. The van der Waals surface area contributed by atoms with Crippen molar-refractivity contribution in [1.82, 2.24) is 10.3 Å². The molecule has 1 atom stereocenters. The predicted molar refractivity (Wildman–Crippen MR) is 96.5 cm³/mol. The molecule has 3 rings (SSSR count). The Morgan fingerprint density at radius 2 is 1.88 bits per heavy atom. The Morgan fingerprint density at radius 3 is 2.54 bits per heavy atom. The van der Waals surface area contributed by atoms with E-state index in [0.29, 0.717) is 26.7 Å². The number of hydrogen-bond acceptors (Lipinski definition) is 4. The van der Waals surface area contributed by atoms with Gasteiger partial charge in [-0.2, -0.15) is 0 Å². The topological polar surface area (TPSA) is 79.3 Å². The van der Waals surface area contributed by atoms with Crippen molar-refractivity contribution in [3.8, 4) is 10.6 Å². The molecule has 0 aliphatic carbocycles. The summed E-state index contributed by atoms with van der Waals surface area (Å²) in [5.41, 5.74) is 1.50. The van der Waals surface area contributed by atoms with Crippen LogP contribution >= 0.6 is 11.3 Å². The average molecular weight is 370 g/mol. The third kappa shape index (κ3) is 3.78. The summed E-state index contributed by atoms with van der Waals surface area (Å²) in [5.74, 6) is -2.08. The number of hydrogen-bond donors (Lipinski definition) is 2. The van der Waals surface area contributed by atoms with E-state index in [-0.39, 0.29) is 0 Å². The molecule has 0 radical (unpaired) electrons. The minimum absolute atomic E-state index is 0.298. The van der Waals surface area contributed by atoms with Crippen LogP contribution in [0.5, 0.6) is 0 Å². The van der Waals surface area contributed by atoms with Gasteiger partial charge in [0.2, 0.25) is 0 Å². The minimum Gasteiger partial charge on any atom is -0.479 e. The maximum atomic E-state index is 13.4. The second kappa shape index (κ2) is 7.45. The summed E-state index contributed by atoms with van der Waals surface area (Å²) >= 11 is 1.10. The van der Waals surface area contributed by atoms with Crippen LogP contribution in [0.3, 0.4) is 0 Å². The first kappa shape index (κ1) is 17.8. The number of carbonyl (C=O) groups is 2. The number of thiazole rings is 1. The van der Waals surface area contributed by atoms with Gasteiger partial charge in [0.25, 0.3) is 5.91 Å². The lowest BCUT2D eigenvalue weighted by atomic mass is 10.1. The summed E-state index contributed by atoms with van der Waals surface area (Å²) in [4.78, 5) is 28.7. The molecule has 7 heteroatoms. The molecule has 5 nitrogen and oxygen atoms in total. The molecule has 1 aromatic heterocycles. The van der Waals surface area contributed by atoms with Crippen LogP contribution in [0.2, 0.25) is 0 Å². The summed E-state index contributed by atoms with van der Waals surface area (Å²) in [7, 11) is 0. The molecule has 1 amide bonds. The molecule has 3 aromatic rings. The Labute approximate surface area is 153 Å². The zero-order chi connectivity index (χ0) is 18.7. The highest BCUT2D eigenvalue weighted by atomic mass is 32.1. The first-order chi connectivity index (χ1) is 12.5. The Kier molecular flexibility index (Phi) is 5.09. The number of aliphatic carboxylic acids is 1. The lowest BCUT2D eigenvalue weighted by Gasteiger charge is -2.14. The normalized spacial score (nSPS) is 11.8. The molecular weight excluding hydrogens is 355 g/mol. The monoisotopic (exact) mass is 370 g/mol. The molecule has 26 heavy (non-hydrogen) atoms. The largest absolute Gasteiger partial charge is 0.479 e. The molecule has 132 valence electrons. The summed E-state index contributed by atoms with van der Waals surface area (Å²) in [5, 5.41) is 12.5. The van der Waals surface area contributed by atoms with Crippen molar-refractivity contribution < 1.29 is 19.1 Å². The zero-order valence-corrected chi connectivity index (χ0v) is 14.6. The molecule has 1 heterocycles. The number of benzene rings is 2. The van der Waals surface area contributed by atoms with Crippen molar-refractivity contribution >= 4 is 23.2 Å². The van der Waals surface area contributed by atoms with E-state index in [1.54, 1.807) is 49.4 Å². The van der Waals surface area contributed by atoms with Crippen molar-refractivity contribution in [2.24, 2.45) is 0 Å². The van der Waals surface area contributed by atoms with Crippen LogP contribution in [-0.2, 0) is 4.79 Å². The van der Waals surface area contributed by atoms with E-state index < -0.39 is 23.7 Å². The number of carbonyl (C=O) groups excluding carboxylic acids is 1. The highest BCUT2D eigenvalue weighted by Gasteiger charge is 2.25. The lowest BCUT2D eigenvalue weighted by molar-refractivity contribution is -0.139. The Balaban J connectivity index is 1.87. The van der Waals surface area contributed by atoms with E-state index >= 15 is 0 Å². The molecule has 0 bridgehead atoms. The maximum absolute atomic E-state index is 13.4. The van der Waals surface area contributed by atoms with Crippen LogP contribution in [0, 0.1) is 12.7 Å². The first-order valence-electron chi connectivity index (χ1n) is 7.77. The summed E-state index contributed by atoms with van der Waals surface area (Å²) in [6.07, 6.45) is 0. The molecule has 0 unspecified atom stereocenters. The number of carboxylic acids is 1. The van der Waals surface area contributed by atoms with Gasteiger partial charge in [-0.25, -0.2) is 14.2 Å². The number of amides is 1. The van der Waals surface area contributed by atoms with Gasteiger partial charge in [-0.05, 0) is 24.6 Å². The van der Waals surface area contributed by atoms with Gasteiger partial charge in [-0.15, -0.1) is 11.3 Å². The quantitative estimate of drug-likeness (QED) is 0.716. The van der Waals surface area contributed by atoms with Gasteiger partial charge in [-0.1, -0.05) is 42.5 Å². The van der Waals surface area contributed by atoms with E-state index in [0.717, 1.165) is 11.3 Å². The van der Waals surface area contributed by atoms with Crippen molar-refractivity contribution in [3.05, 3.63) is 76.5 Å². The van der Waals surface area contributed by atoms with E-state index in [1.165, 1.54) is 12.1 Å². The molecule has 0 aliphatic rings. The Morgan fingerprint density at radius 1 is 1.15 bits per heavy atom.